The van der Waals surface area contributed by atoms with E-state index >= 15 is 0 Å². The Kier molecular flexibility index (Phi) is 5.36. The van der Waals surface area contributed by atoms with Gasteiger partial charge in [0.1, 0.15) is 6.10 Å². The van der Waals surface area contributed by atoms with E-state index in [4.69, 9.17) is 19.3 Å². The first-order valence-electron chi connectivity index (χ1n) is 10.5. The minimum absolute atomic E-state index is 0.245. The molecule has 1 fully saturated rings. The lowest BCUT2D eigenvalue weighted by molar-refractivity contribution is -0.152. The molecule has 2 aliphatic carbocycles. The van der Waals surface area contributed by atoms with Gasteiger partial charge in [-0.05, 0) is 51.1 Å². The third kappa shape index (κ3) is 3.03. The zero-order chi connectivity index (χ0) is 21.6. The first-order chi connectivity index (χ1) is 14.3. The van der Waals surface area contributed by atoms with Gasteiger partial charge in [0.2, 0.25) is 0 Å². The third-order valence-corrected chi connectivity index (χ3v) is 6.67. The molecule has 4 aliphatic rings. The van der Waals surface area contributed by atoms with Crippen molar-refractivity contribution in [1.82, 2.24) is 4.90 Å². The molecule has 0 unspecified atom stereocenters. The summed E-state index contributed by atoms with van der Waals surface area (Å²) in [5, 5.41) is 7.57. The molecule has 2 heterocycles. The molecule has 1 spiro atoms. The van der Waals surface area contributed by atoms with Crippen LogP contribution in [-0.4, -0.2) is 60.4 Å². The number of nitrogens with zero attached hydrogens (tertiary/aromatic N) is 1. The second-order valence-corrected chi connectivity index (χ2v) is 8.40. The Morgan fingerprint density at radius 2 is 2.00 bits per heavy atom. The van der Waals surface area contributed by atoms with Crippen LogP contribution in [0.25, 0.3) is 0 Å². The fourth-order valence-corrected chi connectivity index (χ4v) is 5.74. The highest BCUT2D eigenvalue weighted by Gasteiger charge is 2.65. The molecule has 0 saturated carbocycles. The monoisotopic (exact) mass is 415 g/mol. The van der Waals surface area contributed by atoms with Crippen molar-refractivity contribution >= 4 is 11.9 Å². The number of rotatable bonds is 2. The number of hydrogen-bond acceptors (Lipinski definition) is 7. The van der Waals surface area contributed by atoms with Crippen LogP contribution in [-0.2, 0) is 26.2 Å². The van der Waals surface area contributed by atoms with Crippen molar-refractivity contribution in [3.63, 3.8) is 0 Å². The maximum atomic E-state index is 11.7. The average Bonchev–Trinajstić information content (AvgIpc) is 3.02. The van der Waals surface area contributed by atoms with Gasteiger partial charge in [0.05, 0.1) is 0 Å². The summed E-state index contributed by atoms with van der Waals surface area (Å²) in [6, 6.07) is 4.28. The van der Waals surface area contributed by atoms with Gasteiger partial charge in [-0.3, -0.25) is 9.59 Å². The van der Waals surface area contributed by atoms with Crippen LogP contribution in [0.15, 0.2) is 24.3 Å². The van der Waals surface area contributed by atoms with Gasteiger partial charge in [-0.2, -0.15) is 0 Å². The van der Waals surface area contributed by atoms with Crippen molar-refractivity contribution < 1.29 is 28.9 Å². The number of hydrogen-bond donors (Lipinski definition) is 1. The van der Waals surface area contributed by atoms with E-state index in [0.29, 0.717) is 17.5 Å². The number of aliphatic hydroxyl groups excluding tert-OH is 1. The number of carbonyl (C=O) groups is 2. The van der Waals surface area contributed by atoms with E-state index in [1.807, 2.05) is 12.1 Å². The number of esters is 2. The summed E-state index contributed by atoms with van der Waals surface area (Å²) < 4.78 is 17.5. The number of benzene rings is 1. The molecule has 2 bridgehead atoms. The Labute approximate surface area is 176 Å². The summed E-state index contributed by atoms with van der Waals surface area (Å²) in [4.78, 5) is 25.7. The van der Waals surface area contributed by atoms with Crippen LogP contribution in [0.5, 0.6) is 11.5 Å². The van der Waals surface area contributed by atoms with Crippen LogP contribution in [0.2, 0.25) is 0 Å². The molecule has 0 aromatic heterocycles. The van der Waals surface area contributed by atoms with Crippen LogP contribution in [0.4, 0.5) is 0 Å². The van der Waals surface area contributed by atoms with Crippen LogP contribution < -0.4 is 9.47 Å². The van der Waals surface area contributed by atoms with Crippen LogP contribution >= 0.6 is 0 Å². The van der Waals surface area contributed by atoms with E-state index < -0.39 is 6.10 Å². The molecular weight excluding hydrogens is 386 g/mol. The standard InChI is InChI=1S/C21H23NO5.C2H6O/c1-11(23)25-16-6-4-13-10-15-14-5-7-17(26-12(2)24)20-21(14,8-9-22(15)3)18(13)19(16)27-20;1-2-3/h4-7,14-15,17,20H,8-10H2,1-3H3;3H,2H2,1H3/t14-,15+,17-,20-,21-;/m0./s1. The van der Waals surface area contributed by atoms with Crippen molar-refractivity contribution in [2.45, 2.75) is 57.3 Å². The summed E-state index contributed by atoms with van der Waals surface area (Å²) >= 11 is 0. The Balaban J connectivity index is 0.000000687. The average molecular weight is 415 g/mol. The molecule has 1 aromatic rings. The predicted octanol–water partition coefficient (Wildman–Crippen LogP) is 1.99. The van der Waals surface area contributed by atoms with Crippen LogP contribution in [0.3, 0.4) is 0 Å². The van der Waals surface area contributed by atoms with E-state index in [1.54, 1.807) is 6.92 Å². The lowest BCUT2D eigenvalue weighted by Gasteiger charge is -2.56. The van der Waals surface area contributed by atoms with Crippen LogP contribution in [0, 0.1) is 5.92 Å². The second-order valence-electron chi connectivity index (χ2n) is 8.40. The second kappa shape index (κ2) is 7.71. The van der Waals surface area contributed by atoms with Gasteiger partial charge in [0.25, 0.3) is 0 Å². The van der Waals surface area contributed by atoms with E-state index in [9.17, 15) is 9.59 Å². The molecule has 162 valence electrons. The Bertz CT molecular complexity index is 896. The van der Waals surface area contributed by atoms with Crippen LogP contribution in [0.1, 0.15) is 38.3 Å². The van der Waals surface area contributed by atoms with Gasteiger partial charge in [-0.1, -0.05) is 12.1 Å². The third-order valence-electron chi connectivity index (χ3n) is 6.67. The lowest BCUT2D eigenvalue weighted by atomic mass is 9.53. The van der Waals surface area contributed by atoms with Crippen molar-refractivity contribution in [3.8, 4) is 11.5 Å². The summed E-state index contributed by atoms with van der Waals surface area (Å²) in [6.07, 6.45) is 5.31. The molecule has 0 amide bonds. The zero-order valence-electron chi connectivity index (χ0n) is 17.9. The number of likely N-dealkylation sites (N-methyl/N-ethyl adjacent to an activating group) is 1. The summed E-state index contributed by atoms with van der Waals surface area (Å²) in [6.45, 7) is 5.70. The quantitative estimate of drug-likeness (QED) is 0.449. The Hall–Kier alpha value is -2.38. The van der Waals surface area contributed by atoms with Gasteiger partial charge in [-0.15, -0.1) is 0 Å². The largest absolute Gasteiger partial charge is 0.481 e. The number of piperidine rings is 1. The van der Waals surface area contributed by atoms with Crippen molar-refractivity contribution in [2.24, 2.45) is 5.92 Å². The summed E-state index contributed by atoms with van der Waals surface area (Å²) in [5.41, 5.74) is 2.15. The maximum Gasteiger partial charge on any atom is 0.308 e. The maximum absolute atomic E-state index is 11.7. The Morgan fingerprint density at radius 1 is 1.27 bits per heavy atom. The highest BCUT2D eigenvalue weighted by Crippen LogP contribution is 2.62. The Morgan fingerprint density at radius 3 is 2.67 bits per heavy atom. The van der Waals surface area contributed by atoms with Gasteiger partial charge < -0.3 is 24.2 Å². The molecule has 0 radical (unpaired) electrons. The molecule has 5 atom stereocenters. The highest BCUT2D eigenvalue weighted by molar-refractivity contribution is 5.73. The van der Waals surface area contributed by atoms with Gasteiger partial charge in [0.15, 0.2) is 17.6 Å². The topological polar surface area (TPSA) is 85.3 Å². The molecule has 5 rings (SSSR count). The van der Waals surface area contributed by atoms with Gasteiger partial charge in [-0.25, -0.2) is 0 Å². The zero-order valence-corrected chi connectivity index (χ0v) is 17.9. The molecule has 1 N–H and O–H groups in total. The highest BCUT2D eigenvalue weighted by atomic mass is 16.6. The normalized spacial score (nSPS) is 32.3. The number of ether oxygens (including phenoxy) is 3. The van der Waals surface area contributed by atoms with E-state index in [0.717, 1.165) is 24.9 Å². The van der Waals surface area contributed by atoms with Crippen molar-refractivity contribution in [2.75, 3.05) is 20.2 Å². The summed E-state index contributed by atoms with van der Waals surface area (Å²) in [5.74, 6) is 0.712. The van der Waals surface area contributed by atoms with Gasteiger partial charge >= 0.3 is 11.9 Å². The van der Waals surface area contributed by atoms with Crippen molar-refractivity contribution in [3.05, 3.63) is 35.4 Å². The molecule has 7 heteroatoms. The molecule has 2 aliphatic heterocycles. The molecule has 1 aromatic carbocycles. The fourth-order valence-electron chi connectivity index (χ4n) is 5.74. The number of carbonyl (C=O) groups excluding carboxylic acids is 2. The smallest absolute Gasteiger partial charge is 0.308 e. The van der Waals surface area contributed by atoms with Crippen molar-refractivity contribution in [1.29, 1.82) is 0 Å². The number of aliphatic hydroxyl groups is 1. The molecule has 7 nitrogen and oxygen atoms in total. The molecular formula is C23H29NO6. The van der Waals surface area contributed by atoms with E-state index in [2.05, 4.69) is 24.1 Å². The first-order valence-corrected chi connectivity index (χ1v) is 10.5. The lowest BCUT2D eigenvalue weighted by Crippen LogP contribution is -2.65. The molecule has 30 heavy (non-hydrogen) atoms. The fraction of sp³-hybridized carbons (Fsp3) is 0.565. The minimum atomic E-state index is -0.439. The summed E-state index contributed by atoms with van der Waals surface area (Å²) in [7, 11) is 2.17. The predicted molar refractivity (Wildman–Crippen MR) is 110 cm³/mol. The van der Waals surface area contributed by atoms with E-state index in [1.165, 1.54) is 19.4 Å². The van der Waals surface area contributed by atoms with E-state index in [-0.39, 0.29) is 36.0 Å². The first kappa shape index (κ1) is 20.9. The minimum Gasteiger partial charge on any atom is -0.481 e. The SMILES string of the molecule is CC(=O)Oc1ccc2c3c1O[C@H]1[C@@H](OC(C)=O)C=C[C@H]4[C@@H](C2)N(C)CC[C@@]341.CCO. The molecule has 1 saturated heterocycles. The van der Waals surface area contributed by atoms with Gasteiger partial charge in [0, 0.05) is 43.4 Å². The number of likely N-dealkylation sites (tertiary alicyclic amines) is 1.